The first kappa shape index (κ1) is 26.9. The van der Waals surface area contributed by atoms with Crippen LogP contribution in [0.4, 0.5) is 21.7 Å². The van der Waals surface area contributed by atoms with Crippen molar-refractivity contribution in [2.45, 2.75) is 46.1 Å². The number of ether oxygens (including phenoxy) is 2. The first-order valence-corrected chi connectivity index (χ1v) is 13.4. The van der Waals surface area contributed by atoms with Gasteiger partial charge in [0.15, 0.2) is 5.13 Å². The Balaban J connectivity index is 1.34. The highest BCUT2D eigenvalue weighted by Gasteiger charge is 2.28. The highest BCUT2D eigenvalue weighted by molar-refractivity contribution is 7.19. The Labute approximate surface area is 226 Å². The molecule has 0 aliphatic carbocycles. The summed E-state index contributed by atoms with van der Waals surface area (Å²) in [6, 6.07) is 9.69. The second kappa shape index (κ2) is 11.5. The van der Waals surface area contributed by atoms with Crippen LogP contribution in [0.25, 0.3) is 10.4 Å². The van der Waals surface area contributed by atoms with E-state index in [9.17, 15) is 4.79 Å². The lowest BCUT2D eigenvalue weighted by Crippen LogP contribution is -2.43. The average molecular weight is 545 g/mol. The molecule has 1 aliphatic rings. The van der Waals surface area contributed by atoms with Gasteiger partial charge in [0, 0.05) is 43.7 Å². The lowest BCUT2D eigenvalue weighted by molar-refractivity contribution is 0.0187. The minimum atomic E-state index is -0.492. The summed E-state index contributed by atoms with van der Waals surface area (Å²) < 4.78 is 12.4. The molecule has 1 N–H and O–H groups in total. The SMILES string of the molecule is COc1ccc(-c2sc(Nc3nccc(N(Cl)CC4CCN(C(=O)OC(C)(C)C)CC4)n3)nc2C)cc1. The number of methoxy groups -OCH3 is 1. The average Bonchev–Trinajstić information content (AvgIpc) is 3.23. The topological polar surface area (TPSA) is 92.7 Å². The van der Waals surface area contributed by atoms with Crippen molar-refractivity contribution in [2.24, 2.45) is 5.92 Å². The van der Waals surface area contributed by atoms with Crippen LogP contribution in [0.2, 0.25) is 0 Å². The molecule has 0 spiro atoms. The number of halogens is 1. The summed E-state index contributed by atoms with van der Waals surface area (Å²) in [5.74, 6) is 2.19. The summed E-state index contributed by atoms with van der Waals surface area (Å²) >= 11 is 8.16. The number of hydrogen-bond donors (Lipinski definition) is 1. The zero-order valence-electron chi connectivity index (χ0n) is 21.8. The van der Waals surface area contributed by atoms with Crippen LogP contribution in [0.15, 0.2) is 36.5 Å². The first-order chi connectivity index (χ1) is 17.6. The predicted octanol–water partition coefficient (Wildman–Crippen LogP) is 6.27. The summed E-state index contributed by atoms with van der Waals surface area (Å²) in [4.78, 5) is 28.7. The molecule has 0 atom stereocenters. The van der Waals surface area contributed by atoms with E-state index >= 15 is 0 Å². The van der Waals surface area contributed by atoms with Crippen LogP contribution in [-0.4, -0.2) is 58.3 Å². The molecule has 1 aromatic carbocycles. The van der Waals surface area contributed by atoms with Gasteiger partial charge in [0.25, 0.3) is 0 Å². The fraction of sp³-hybridized carbons (Fsp3) is 0.462. The maximum absolute atomic E-state index is 12.3. The molecule has 0 saturated carbocycles. The van der Waals surface area contributed by atoms with Crippen LogP contribution in [0.1, 0.15) is 39.3 Å². The van der Waals surface area contributed by atoms with Gasteiger partial charge >= 0.3 is 6.09 Å². The molecule has 1 aliphatic heterocycles. The molecule has 0 radical (unpaired) electrons. The quantitative estimate of drug-likeness (QED) is 0.348. The molecule has 1 amide bonds. The Morgan fingerprint density at radius 3 is 2.54 bits per heavy atom. The minimum absolute atomic E-state index is 0.257. The molecule has 4 rings (SSSR count). The molecule has 1 fully saturated rings. The van der Waals surface area contributed by atoms with Crippen LogP contribution in [0, 0.1) is 12.8 Å². The highest BCUT2D eigenvalue weighted by atomic mass is 35.5. The number of aryl methyl sites for hydroxylation is 1. The predicted molar refractivity (Wildman–Crippen MR) is 148 cm³/mol. The molecular formula is C26H33ClN6O3S. The van der Waals surface area contributed by atoms with Gasteiger partial charge in [-0.3, -0.25) is 9.74 Å². The number of carbonyl (C=O) groups excluding carboxylic acids is 1. The van der Waals surface area contributed by atoms with Gasteiger partial charge in [0.2, 0.25) is 5.95 Å². The standard InChI is InChI=1S/C26H33ClN6O3S/c1-17-22(19-6-8-20(35-5)9-7-19)37-24(29-17)31-23-28-13-10-21(30-23)33(27)16-18-11-14-32(15-12-18)25(34)36-26(2,3)4/h6-10,13,18H,11-12,14-16H2,1-5H3,(H,28,29,30,31). The van der Waals surface area contributed by atoms with Gasteiger partial charge in [0.1, 0.15) is 17.2 Å². The van der Waals surface area contributed by atoms with E-state index in [1.165, 1.54) is 11.3 Å². The Bertz CT molecular complexity index is 1210. The maximum atomic E-state index is 12.3. The number of thiazole rings is 1. The second-order valence-electron chi connectivity index (χ2n) is 9.98. The number of rotatable bonds is 7. The number of likely N-dealkylation sites (tertiary alicyclic amines) is 1. The first-order valence-electron chi connectivity index (χ1n) is 12.2. The molecule has 11 heteroatoms. The Kier molecular flexibility index (Phi) is 8.39. The number of anilines is 3. The molecular weight excluding hydrogens is 512 g/mol. The van der Waals surface area contributed by atoms with Crippen LogP contribution < -0.4 is 14.5 Å². The molecule has 2 aromatic heterocycles. The van der Waals surface area contributed by atoms with E-state index in [1.807, 2.05) is 52.0 Å². The number of aromatic nitrogens is 3. The third-order valence-corrected chi connectivity index (χ3v) is 7.37. The Hall–Kier alpha value is -3.11. The molecule has 37 heavy (non-hydrogen) atoms. The number of amides is 1. The normalized spacial score (nSPS) is 14.4. The number of piperidine rings is 1. The third kappa shape index (κ3) is 7.23. The monoisotopic (exact) mass is 544 g/mol. The zero-order valence-corrected chi connectivity index (χ0v) is 23.4. The molecule has 3 aromatic rings. The van der Waals surface area contributed by atoms with Crippen molar-refractivity contribution in [1.29, 1.82) is 0 Å². The maximum Gasteiger partial charge on any atom is 0.410 e. The summed E-state index contributed by atoms with van der Waals surface area (Å²) in [6.45, 7) is 9.54. The molecule has 1 saturated heterocycles. The number of hydrogen-bond acceptors (Lipinski definition) is 9. The van der Waals surface area contributed by atoms with Crippen molar-refractivity contribution in [2.75, 3.05) is 36.5 Å². The van der Waals surface area contributed by atoms with Gasteiger partial charge in [-0.25, -0.2) is 14.8 Å². The van der Waals surface area contributed by atoms with E-state index in [1.54, 1.807) is 28.7 Å². The largest absolute Gasteiger partial charge is 0.497 e. The molecule has 9 nitrogen and oxygen atoms in total. The van der Waals surface area contributed by atoms with Gasteiger partial charge in [-0.2, -0.15) is 4.98 Å². The van der Waals surface area contributed by atoms with E-state index in [4.69, 9.17) is 21.3 Å². The number of carbonyl (C=O) groups is 1. The zero-order chi connectivity index (χ0) is 26.6. The van der Waals surface area contributed by atoms with Crippen LogP contribution in [0.5, 0.6) is 5.75 Å². The molecule has 198 valence electrons. The lowest BCUT2D eigenvalue weighted by Gasteiger charge is -2.34. The molecule has 3 heterocycles. The van der Waals surface area contributed by atoms with Gasteiger partial charge in [-0.1, -0.05) is 11.3 Å². The highest BCUT2D eigenvalue weighted by Crippen LogP contribution is 2.34. The van der Waals surface area contributed by atoms with E-state index in [-0.39, 0.29) is 6.09 Å². The molecule has 0 unspecified atom stereocenters. The van der Waals surface area contributed by atoms with Crippen molar-refractivity contribution in [3.63, 3.8) is 0 Å². The summed E-state index contributed by atoms with van der Waals surface area (Å²) in [7, 11) is 1.65. The van der Waals surface area contributed by atoms with E-state index in [0.29, 0.717) is 42.4 Å². The fourth-order valence-electron chi connectivity index (χ4n) is 4.05. The number of nitrogens with zero attached hydrogens (tertiary/aromatic N) is 5. The van der Waals surface area contributed by atoms with Crippen molar-refractivity contribution in [3.8, 4) is 16.2 Å². The minimum Gasteiger partial charge on any atom is -0.497 e. The Morgan fingerprint density at radius 2 is 1.89 bits per heavy atom. The third-order valence-electron chi connectivity index (χ3n) is 5.94. The second-order valence-corrected chi connectivity index (χ2v) is 11.4. The van der Waals surface area contributed by atoms with Crippen molar-refractivity contribution in [3.05, 3.63) is 42.2 Å². The van der Waals surface area contributed by atoms with Crippen LogP contribution >= 0.6 is 23.1 Å². The van der Waals surface area contributed by atoms with Gasteiger partial charge < -0.3 is 14.4 Å². The van der Waals surface area contributed by atoms with Gasteiger partial charge in [-0.05, 0) is 76.3 Å². The van der Waals surface area contributed by atoms with E-state index in [2.05, 4.69) is 20.3 Å². The van der Waals surface area contributed by atoms with Crippen molar-refractivity contribution in [1.82, 2.24) is 19.9 Å². The summed E-state index contributed by atoms with van der Waals surface area (Å²) in [5.41, 5.74) is 1.50. The lowest BCUT2D eigenvalue weighted by atomic mass is 9.97. The summed E-state index contributed by atoms with van der Waals surface area (Å²) in [5, 5.41) is 3.92. The number of benzene rings is 1. The smallest absolute Gasteiger partial charge is 0.410 e. The molecule has 0 bridgehead atoms. The summed E-state index contributed by atoms with van der Waals surface area (Å²) in [6.07, 6.45) is 3.12. The van der Waals surface area contributed by atoms with E-state index in [0.717, 1.165) is 34.7 Å². The van der Waals surface area contributed by atoms with E-state index < -0.39 is 5.60 Å². The van der Waals surface area contributed by atoms with Gasteiger partial charge in [-0.15, -0.1) is 0 Å². The fourth-order valence-corrected chi connectivity index (χ4v) is 5.30. The Morgan fingerprint density at radius 1 is 1.19 bits per heavy atom. The van der Waals surface area contributed by atoms with Gasteiger partial charge in [0.05, 0.1) is 17.7 Å². The van der Waals surface area contributed by atoms with Crippen molar-refractivity contribution < 1.29 is 14.3 Å². The number of nitrogens with one attached hydrogen (secondary N) is 1. The van der Waals surface area contributed by atoms with Crippen LogP contribution in [0.3, 0.4) is 0 Å². The van der Waals surface area contributed by atoms with Crippen LogP contribution in [-0.2, 0) is 4.74 Å². The van der Waals surface area contributed by atoms with Crippen molar-refractivity contribution >= 4 is 46.1 Å².